The molecular weight excluding hydrogens is 419 g/mol. The molecule has 5 nitrogen and oxygen atoms in total. The normalized spacial score (nSPS) is 14.3. The van der Waals surface area contributed by atoms with Crippen molar-refractivity contribution < 1.29 is 18.4 Å². The minimum absolute atomic E-state index is 0.107. The zero-order valence-electron chi connectivity index (χ0n) is 19.4. The zero-order valence-corrected chi connectivity index (χ0v) is 19.4. The molecule has 1 heterocycles. The predicted molar refractivity (Wildman–Crippen MR) is 124 cm³/mol. The van der Waals surface area contributed by atoms with Crippen LogP contribution in [0.2, 0.25) is 0 Å². The van der Waals surface area contributed by atoms with Gasteiger partial charge in [0.25, 0.3) is 0 Å². The van der Waals surface area contributed by atoms with Crippen molar-refractivity contribution in [3.8, 4) is 5.75 Å². The maximum Gasteiger partial charge on any atom is 0.227 e. The first kappa shape index (κ1) is 23.0. The molecule has 1 saturated carbocycles. The summed E-state index contributed by atoms with van der Waals surface area (Å²) in [6, 6.07) is 14.4. The number of carbonyl (C=O) groups excluding carboxylic acids is 1. The van der Waals surface area contributed by atoms with Crippen LogP contribution in [0.25, 0.3) is 0 Å². The second-order valence-corrected chi connectivity index (χ2v) is 8.85. The quantitative estimate of drug-likeness (QED) is 0.428. The molecule has 0 atom stereocenters. The number of aromatic nitrogens is 1. The third-order valence-electron chi connectivity index (χ3n) is 6.45. The van der Waals surface area contributed by atoms with E-state index in [1.807, 2.05) is 43.0 Å². The first-order chi connectivity index (χ1) is 16.0. The lowest BCUT2D eigenvalue weighted by Crippen LogP contribution is -2.41. The summed E-state index contributed by atoms with van der Waals surface area (Å²) in [5, 5.41) is 3.95. The van der Waals surface area contributed by atoms with Crippen LogP contribution < -0.4 is 4.74 Å². The predicted octanol–water partition coefficient (Wildman–Crippen LogP) is 5.91. The van der Waals surface area contributed by atoms with Crippen molar-refractivity contribution in [1.82, 2.24) is 10.1 Å². The zero-order chi connectivity index (χ0) is 23.2. The Morgan fingerprint density at radius 3 is 2.33 bits per heavy atom. The second kappa shape index (κ2) is 10.6. The van der Waals surface area contributed by atoms with Crippen LogP contribution in [0.3, 0.4) is 0 Å². The van der Waals surface area contributed by atoms with Crippen molar-refractivity contribution in [3.05, 3.63) is 82.5 Å². The minimum atomic E-state index is -0.258. The van der Waals surface area contributed by atoms with Gasteiger partial charge in [-0.1, -0.05) is 48.7 Å². The van der Waals surface area contributed by atoms with Gasteiger partial charge < -0.3 is 14.2 Å². The SMILES string of the molecule is Cc1noc(C)c1COc1ccc(CC(=O)N(Cc2ccc(F)cc2)C2CCCCC2)cc1. The summed E-state index contributed by atoms with van der Waals surface area (Å²) in [5.41, 5.74) is 3.69. The minimum Gasteiger partial charge on any atom is -0.489 e. The Bertz CT molecular complexity index is 1030. The van der Waals surface area contributed by atoms with E-state index in [1.165, 1.54) is 18.6 Å². The third-order valence-corrected chi connectivity index (χ3v) is 6.45. The van der Waals surface area contributed by atoms with Gasteiger partial charge in [0.15, 0.2) is 0 Å². The van der Waals surface area contributed by atoms with Crippen LogP contribution in [0.5, 0.6) is 5.75 Å². The molecule has 2 aromatic carbocycles. The first-order valence-electron chi connectivity index (χ1n) is 11.7. The number of halogens is 1. The van der Waals surface area contributed by atoms with Gasteiger partial charge in [0.05, 0.1) is 17.7 Å². The summed E-state index contributed by atoms with van der Waals surface area (Å²) in [6.07, 6.45) is 5.92. The van der Waals surface area contributed by atoms with Gasteiger partial charge in [-0.05, 0) is 62.1 Å². The smallest absolute Gasteiger partial charge is 0.227 e. The van der Waals surface area contributed by atoms with E-state index >= 15 is 0 Å². The molecule has 1 aromatic heterocycles. The van der Waals surface area contributed by atoms with Gasteiger partial charge in [0.2, 0.25) is 5.91 Å². The molecule has 0 bridgehead atoms. The number of benzene rings is 2. The topological polar surface area (TPSA) is 55.6 Å². The molecule has 33 heavy (non-hydrogen) atoms. The Morgan fingerprint density at radius 2 is 1.70 bits per heavy atom. The van der Waals surface area contributed by atoms with Crippen LogP contribution in [0.15, 0.2) is 53.1 Å². The van der Waals surface area contributed by atoms with Crippen LogP contribution in [-0.4, -0.2) is 22.0 Å². The number of aryl methyl sites for hydroxylation is 2. The fourth-order valence-electron chi connectivity index (χ4n) is 4.44. The average molecular weight is 451 g/mol. The lowest BCUT2D eigenvalue weighted by molar-refractivity contribution is -0.134. The largest absolute Gasteiger partial charge is 0.489 e. The monoisotopic (exact) mass is 450 g/mol. The third kappa shape index (κ3) is 6.01. The van der Waals surface area contributed by atoms with Crippen LogP contribution in [0, 0.1) is 19.7 Å². The average Bonchev–Trinajstić information content (AvgIpc) is 3.15. The molecular formula is C27H31FN2O3. The molecule has 1 aliphatic carbocycles. The molecule has 0 radical (unpaired) electrons. The van der Waals surface area contributed by atoms with E-state index in [4.69, 9.17) is 9.26 Å². The van der Waals surface area contributed by atoms with Crippen molar-refractivity contribution in [2.75, 3.05) is 0 Å². The molecule has 1 amide bonds. The van der Waals surface area contributed by atoms with Gasteiger partial charge in [-0.3, -0.25) is 4.79 Å². The lowest BCUT2D eigenvalue weighted by atomic mass is 9.93. The van der Waals surface area contributed by atoms with Crippen LogP contribution in [-0.2, 0) is 24.4 Å². The Morgan fingerprint density at radius 1 is 1.03 bits per heavy atom. The van der Waals surface area contributed by atoms with E-state index in [2.05, 4.69) is 5.16 Å². The highest BCUT2D eigenvalue weighted by molar-refractivity contribution is 5.79. The van der Waals surface area contributed by atoms with Crippen molar-refractivity contribution in [2.45, 2.75) is 71.6 Å². The highest BCUT2D eigenvalue weighted by atomic mass is 19.1. The Balaban J connectivity index is 1.40. The summed E-state index contributed by atoms with van der Waals surface area (Å²) >= 11 is 0. The molecule has 0 unspecified atom stereocenters. The standard InChI is InChI=1S/C27H31FN2O3/c1-19-26(20(2)33-29-19)18-32-25-14-10-21(11-15-25)16-27(31)30(24-6-4-3-5-7-24)17-22-8-12-23(28)13-9-22/h8-15,24H,3-7,16-18H2,1-2H3. The van der Waals surface area contributed by atoms with Gasteiger partial charge in [-0.2, -0.15) is 0 Å². The van der Waals surface area contributed by atoms with Gasteiger partial charge in [-0.25, -0.2) is 4.39 Å². The Labute approximate surface area is 194 Å². The molecule has 0 N–H and O–H groups in total. The van der Waals surface area contributed by atoms with E-state index in [0.29, 0.717) is 19.6 Å². The summed E-state index contributed by atoms with van der Waals surface area (Å²) < 4.78 is 24.4. The Kier molecular flexibility index (Phi) is 7.43. The molecule has 6 heteroatoms. The number of amides is 1. The van der Waals surface area contributed by atoms with Crippen LogP contribution >= 0.6 is 0 Å². The summed E-state index contributed by atoms with van der Waals surface area (Å²) in [4.78, 5) is 15.3. The van der Waals surface area contributed by atoms with E-state index in [9.17, 15) is 9.18 Å². The van der Waals surface area contributed by atoms with E-state index in [0.717, 1.165) is 59.6 Å². The number of carbonyl (C=O) groups is 1. The van der Waals surface area contributed by atoms with Crippen molar-refractivity contribution in [2.24, 2.45) is 0 Å². The van der Waals surface area contributed by atoms with E-state index in [1.54, 1.807) is 12.1 Å². The molecule has 4 rings (SSSR count). The molecule has 174 valence electrons. The Hall–Kier alpha value is -3.15. The molecule has 1 fully saturated rings. The lowest BCUT2D eigenvalue weighted by Gasteiger charge is -2.34. The van der Waals surface area contributed by atoms with Crippen molar-refractivity contribution >= 4 is 5.91 Å². The maximum atomic E-state index is 13.3. The van der Waals surface area contributed by atoms with E-state index in [-0.39, 0.29) is 17.8 Å². The highest BCUT2D eigenvalue weighted by Crippen LogP contribution is 2.25. The number of hydrogen-bond donors (Lipinski definition) is 0. The molecule has 1 aliphatic rings. The van der Waals surface area contributed by atoms with E-state index < -0.39 is 0 Å². The summed E-state index contributed by atoms with van der Waals surface area (Å²) in [6.45, 7) is 4.68. The molecule has 0 aliphatic heterocycles. The number of hydrogen-bond acceptors (Lipinski definition) is 4. The van der Waals surface area contributed by atoms with Gasteiger partial charge in [0.1, 0.15) is 23.9 Å². The fraction of sp³-hybridized carbons (Fsp3) is 0.407. The van der Waals surface area contributed by atoms with Gasteiger partial charge in [-0.15, -0.1) is 0 Å². The van der Waals surface area contributed by atoms with Crippen molar-refractivity contribution in [3.63, 3.8) is 0 Å². The summed E-state index contributed by atoms with van der Waals surface area (Å²) in [5.74, 6) is 1.35. The van der Waals surface area contributed by atoms with Gasteiger partial charge >= 0.3 is 0 Å². The molecule has 0 spiro atoms. The fourth-order valence-corrected chi connectivity index (χ4v) is 4.44. The van der Waals surface area contributed by atoms with Crippen LogP contribution in [0.4, 0.5) is 4.39 Å². The first-order valence-corrected chi connectivity index (χ1v) is 11.7. The number of ether oxygens (including phenoxy) is 1. The highest BCUT2D eigenvalue weighted by Gasteiger charge is 2.25. The van der Waals surface area contributed by atoms with Crippen LogP contribution in [0.1, 0.15) is 60.2 Å². The van der Waals surface area contributed by atoms with Crippen molar-refractivity contribution in [1.29, 1.82) is 0 Å². The second-order valence-electron chi connectivity index (χ2n) is 8.85. The van der Waals surface area contributed by atoms with Gasteiger partial charge in [0, 0.05) is 12.6 Å². The number of nitrogens with zero attached hydrogens (tertiary/aromatic N) is 2. The number of rotatable bonds is 8. The molecule has 0 saturated heterocycles. The maximum absolute atomic E-state index is 13.3. The summed E-state index contributed by atoms with van der Waals surface area (Å²) in [7, 11) is 0. The molecule has 3 aromatic rings.